The van der Waals surface area contributed by atoms with Gasteiger partial charge in [0, 0.05) is 18.1 Å². The van der Waals surface area contributed by atoms with Gasteiger partial charge in [0.1, 0.15) is 11.8 Å². The maximum absolute atomic E-state index is 4.16. The van der Waals surface area contributed by atoms with Gasteiger partial charge in [-0.15, -0.1) is 0 Å². The lowest BCUT2D eigenvalue weighted by Crippen LogP contribution is -1.95. The summed E-state index contributed by atoms with van der Waals surface area (Å²) in [7, 11) is 0. The molecule has 16 heavy (non-hydrogen) atoms. The Bertz CT molecular complexity index is 603. The van der Waals surface area contributed by atoms with Crippen molar-refractivity contribution in [2.45, 2.75) is 0 Å². The first kappa shape index (κ1) is 8.78. The number of imidazole rings is 1. The van der Waals surface area contributed by atoms with E-state index < -0.39 is 0 Å². The van der Waals surface area contributed by atoms with Crippen molar-refractivity contribution in [2.75, 3.05) is 5.32 Å². The van der Waals surface area contributed by atoms with Gasteiger partial charge in [-0.1, -0.05) is 0 Å². The molecule has 0 radical (unpaired) electrons. The van der Waals surface area contributed by atoms with Gasteiger partial charge in [-0.25, -0.2) is 15.0 Å². The van der Waals surface area contributed by atoms with Gasteiger partial charge < -0.3 is 10.3 Å². The summed E-state index contributed by atoms with van der Waals surface area (Å²) >= 11 is 0. The quantitative estimate of drug-likeness (QED) is 0.672. The van der Waals surface area contributed by atoms with Crippen LogP contribution in [0.3, 0.4) is 0 Å². The minimum atomic E-state index is 0.645. The number of aromatic nitrogens is 5. The van der Waals surface area contributed by atoms with E-state index in [1.54, 1.807) is 18.7 Å². The maximum atomic E-state index is 4.16. The molecule has 6 heteroatoms. The van der Waals surface area contributed by atoms with Gasteiger partial charge in [0.25, 0.3) is 0 Å². The Morgan fingerprint density at radius 2 is 1.94 bits per heavy atom. The molecule has 78 valence electrons. The van der Waals surface area contributed by atoms with E-state index in [1.165, 1.54) is 6.33 Å². The highest BCUT2D eigenvalue weighted by molar-refractivity contribution is 5.84. The molecule has 0 aliphatic heterocycles. The number of hydrogen-bond acceptors (Lipinski definition) is 5. The lowest BCUT2D eigenvalue weighted by atomic mass is 10.4. The third kappa shape index (κ3) is 1.46. The van der Waals surface area contributed by atoms with Crippen LogP contribution in [0.15, 0.2) is 37.2 Å². The lowest BCUT2D eigenvalue weighted by molar-refractivity contribution is 1.20. The lowest BCUT2D eigenvalue weighted by Gasteiger charge is -2.04. The third-order valence-electron chi connectivity index (χ3n) is 2.17. The van der Waals surface area contributed by atoms with Gasteiger partial charge in [-0.3, -0.25) is 4.98 Å². The molecule has 3 aromatic heterocycles. The van der Waals surface area contributed by atoms with Crippen molar-refractivity contribution >= 4 is 22.7 Å². The molecule has 0 aliphatic rings. The van der Waals surface area contributed by atoms with Gasteiger partial charge in [-0.05, 0) is 12.1 Å². The molecule has 0 fully saturated rings. The fourth-order valence-corrected chi connectivity index (χ4v) is 1.43. The van der Waals surface area contributed by atoms with Crippen molar-refractivity contribution in [3.8, 4) is 0 Å². The number of hydrogen-bond donors (Lipinski definition) is 2. The van der Waals surface area contributed by atoms with E-state index in [2.05, 4.69) is 30.2 Å². The zero-order valence-electron chi connectivity index (χ0n) is 8.25. The molecule has 0 atom stereocenters. The molecule has 0 aromatic carbocycles. The number of aromatic amines is 1. The Morgan fingerprint density at radius 3 is 2.81 bits per heavy atom. The summed E-state index contributed by atoms with van der Waals surface area (Å²) in [6, 6.07) is 3.73. The number of nitrogens with one attached hydrogen (secondary N) is 2. The molecular formula is C10H8N6. The topological polar surface area (TPSA) is 79.4 Å². The van der Waals surface area contributed by atoms with Gasteiger partial charge in [0.15, 0.2) is 11.5 Å². The molecule has 3 aromatic rings. The van der Waals surface area contributed by atoms with Crippen molar-refractivity contribution in [3.63, 3.8) is 0 Å². The van der Waals surface area contributed by atoms with Crippen LogP contribution in [0.1, 0.15) is 0 Å². The van der Waals surface area contributed by atoms with Crippen LogP contribution in [-0.2, 0) is 0 Å². The molecule has 0 amide bonds. The van der Waals surface area contributed by atoms with E-state index >= 15 is 0 Å². The van der Waals surface area contributed by atoms with Crippen molar-refractivity contribution in [1.82, 2.24) is 24.9 Å². The summed E-state index contributed by atoms with van der Waals surface area (Å²) < 4.78 is 0. The summed E-state index contributed by atoms with van der Waals surface area (Å²) in [6.07, 6.45) is 6.51. The fourth-order valence-electron chi connectivity index (χ4n) is 1.43. The van der Waals surface area contributed by atoms with Crippen LogP contribution in [0.2, 0.25) is 0 Å². The fraction of sp³-hybridized carbons (Fsp3) is 0. The summed E-state index contributed by atoms with van der Waals surface area (Å²) in [6.45, 7) is 0. The number of nitrogens with zero attached hydrogens (tertiary/aromatic N) is 4. The van der Waals surface area contributed by atoms with Crippen LogP contribution in [0.4, 0.5) is 11.5 Å². The zero-order valence-corrected chi connectivity index (χ0v) is 8.25. The molecule has 3 rings (SSSR count). The largest absolute Gasteiger partial charge is 0.340 e. The smallest absolute Gasteiger partial charge is 0.182 e. The van der Waals surface area contributed by atoms with Crippen LogP contribution in [0.25, 0.3) is 11.2 Å². The highest BCUT2D eigenvalue weighted by Crippen LogP contribution is 2.18. The second-order valence-electron chi connectivity index (χ2n) is 3.18. The minimum absolute atomic E-state index is 0.645. The van der Waals surface area contributed by atoms with Crippen LogP contribution in [0, 0.1) is 0 Å². The first-order valence-electron chi connectivity index (χ1n) is 4.74. The van der Waals surface area contributed by atoms with Crippen LogP contribution in [0.5, 0.6) is 0 Å². The maximum Gasteiger partial charge on any atom is 0.182 e. The molecule has 3 heterocycles. The summed E-state index contributed by atoms with van der Waals surface area (Å²) in [4.78, 5) is 19.2. The Hall–Kier alpha value is -2.50. The third-order valence-corrected chi connectivity index (χ3v) is 2.17. The summed E-state index contributed by atoms with van der Waals surface area (Å²) in [5, 5.41) is 3.17. The van der Waals surface area contributed by atoms with Gasteiger partial charge in [-0.2, -0.15) is 0 Å². The number of H-pyrrole nitrogens is 1. The van der Waals surface area contributed by atoms with Crippen molar-refractivity contribution in [2.24, 2.45) is 0 Å². The Balaban J connectivity index is 2.04. The average Bonchev–Trinajstić information content (AvgIpc) is 2.80. The zero-order chi connectivity index (χ0) is 10.8. The molecule has 2 N–H and O–H groups in total. The Labute approximate surface area is 90.8 Å². The Kier molecular flexibility index (Phi) is 1.96. The number of anilines is 2. The van der Waals surface area contributed by atoms with E-state index in [0.29, 0.717) is 11.5 Å². The molecule has 0 saturated heterocycles. The van der Waals surface area contributed by atoms with E-state index in [-0.39, 0.29) is 0 Å². The molecule has 6 nitrogen and oxygen atoms in total. The van der Waals surface area contributed by atoms with Crippen molar-refractivity contribution < 1.29 is 0 Å². The van der Waals surface area contributed by atoms with E-state index in [4.69, 9.17) is 0 Å². The van der Waals surface area contributed by atoms with Crippen molar-refractivity contribution in [1.29, 1.82) is 0 Å². The highest BCUT2D eigenvalue weighted by Gasteiger charge is 2.04. The van der Waals surface area contributed by atoms with Crippen LogP contribution in [-0.4, -0.2) is 24.9 Å². The standard InChI is InChI=1S/C10H8N6/c1-3-11-4-2-7(1)16-10-8-9(13-5-12-8)14-6-15-10/h1-6H,(H2,11,12,13,14,15,16). The SMILES string of the molecule is c1cc(Nc2ncnc3nc[nH]c23)ccn1. The predicted molar refractivity (Wildman–Crippen MR) is 59.2 cm³/mol. The molecule has 0 saturated carbocycles. The van der Waals surface area contributed by atoms with Gasteiger partial charge in [0.2, 0.25) is 0 Å². The number of fused-ring (bicyclic) bond motifs is 1. The molecule has 0 unspecified atom stereocenters. The number of rotatable bonds is 2. The van der Waals surface area contributed by atoms with E-state index in [0.717, 1.165) is 11.2 Å². The second kappa shape index (κ2) is 3.58. The number of pyridine rings is 1. The predicted octanol–water partition coefficient (Wildman–Crippen LogP) is 1.49. The molecule has 0 aliphatic carbocycles. The highest BCUT2D eigenvalue weighted by atomic mass is 15.1. The van der Waals surface area contributed by atoms with E-state index in [1.807, 2.05) is 12.1 Å². The van der Waals surface area contributed by atoms with Gasteiger partial charge >= 0.3 is 0 Å². The van der Waals surface area contributed by atoms with Gasteiger partial charge in [0.05, 0.1) is 6.33 Å². The first-order chi connectivity index (χ1) is 7.93. The second-order valence-corrected chi connectivity index (χ2v) is 3.18. The van der Waals surface area contributed by atoms with Crippen LogP contribution >= 0.6 is 0 Å². The summed E-state index contributed by atoms with van der Waals surface area (Å²) in [5.41, 5.74) is 2.36. The van der Waals surface area contributed by atoms with Crippen molar-refractivity contribution in [3.05, 3.63) is 37.2 Å². The Morgan fingerprint density at radius 1 is 1.06 bits per heavy atom. The molecule has 0 bridgehead atoms. The summed E-state index contributed by atoms with van der Waals surface area (Å²) in [5.74, 6) is 0.703. The minimum Gasteiger partial charge on any atom is -0.340 e. The normalized spacial score (nSPS) is 10.5. The molecular weight excluding hydrogens is 204 g/mol. The average molecular weight is 212 g/mol. The van der Waals surface area contributed by atoms with E-state index in [9.17, 15) is 0 Å². The molecule has 0 spiro atoms. The van der Waals surface area contributed by atoms with Crippen LogP contribution < -0.4 is 5.32 Å². The first-order valence-corrected chi connectivity index (χ1v) is 4.74. The monoisotopic (exact) mass is 212 g/mol.